The molecule has 3 aliphatic carbocycles. The summed E-state index contributed by atoms with van der Waals surface area (Å²) in [5.74, 6) is -0.546. The van der Waals surface area contributed by atoms with E-state index >= 15 is 0 Å². The second kappa shape index (κ2) is 9.67. The molecule has 7 nitrogen and oxygen atoms in total. The quantitative estimate of drug-likeness (QED) is 0.559. The molecule has 2 saturated heterocycles. The van der Waals surface area contributed by atoms with Gasteiger partial charge in [-0.15, -0.1) is 0 Å². The number of ketones is 1. The van der Waals surface area contributed by atoms with Crippen LogP contribution in [0.25, 0.3) is 0 Å². The molecule has 8 heteroatoms. The standard InChI is InChI=1S/C29H45FN2O5/c1-17-5-8-29-9-6-21(33)24(29)28(17,4)22(13-27(3,10-11-30)25(35)18(29)2)37-16-23(34)31-26(36)20-15-32-12-7-19(20)14-32/h17-20,22,24-25,35H,5-16H2,1-4H3,(H,31,34,36)/t17-,18+,19-,20+,22-,24?,25+,27-,28+,29?/m1/s1. The number of nitrogens with one attached hydrogen (secondary N) is 1. The molecule has 2 heterocycles. The minimum Gasteiger partial charge on any atom is -0.392 e. The lowest BCUT2D eigenvalue weighted by Gasteiger charge is -2.62. The van der Waals surface area contributed by atoms with Crippen LogP contribution in [-0.2, 0) is 19.1 Å². The van der Waals surface area contributed by atoms with E-state index in [0.29, 0.717) is 25.3 Å². The van der Waals surface area contributed by atoms with Crippen molar-refractivity contribution in [2.75, 3.05) is 32.9 Å². The van der Waals surface area contributed by atoms with E-state index in [-0.39, 0.29) is 53.8 Å². The molecular weight excluding hydrogens is 475 g/mol. The number of ether oxygens (including phenoxy) is 1. The number of alkyl halides is 1. The number of halogens is 1. The van der Waals surface area contributed by atoms with E-state index in [1.54, 1.807) is 0 Å². The Morgan fingerprint density at radius 1 is 1.19 bits per heavy atom. The molecule has 0 aromatic rings. The van der Waals surface area contributed by atoms with Gasteiger partial charge in [-0.25, -0.2) is 0 Å². The van der Waals surface area contributed by atoms with Gasteiger partial charge in [0, 0.05) is 30.8 Å². The van der Waals surface area contributed by atoms with Gasteiger partial charge >= 0.3 is 0 Å². The highest BCUT2D eigenvalue weighted by Gasteiger charge is 2.68. The zero-order chi connectivity index (χ0) is 26.8. The van der Waals surface area contributed by atoms with Gasteiger partial charge in [-0.05, 0) is 73.7 Å². The van der Waals surface area contributed by atoms with Crippen LogP contribution >= 0.6 is 0 Å². The molecule has 5 aliphatic rings. The molecule has 0 radical (unpaired) electrons. The zero-order valence-corrected chi connectivity index (χ0v) is 22.9. The normalized spacial score (nSPS) is 48.9. The fourth-order valence-electron chi connectivity index (χ4n) is 9.41. The number of amides is 2. The highest BCUT2D eigenvalue weighted by atomic mass is 19.1. The molecule has 11 atom stereocenters. The molecule has 0 aromatic heterocycles. The summed E-state index contributed by atoms with van der Waals surface area (Å²) in [6.45, 7) is 10.1. The van der Waals surface area contributed by atoms with Gasteiger partial charge in [0.15, 0.2) is 0 Å². The van der Waals surface area contributed by atoms with Crippen molar-refractivity contribution in [2.45, 2.75) is 84.8 Å². The topological polar surface area (TPSA) is 95.9 Å². The lowest BCUT2D eigenvalue weighted by molar-refractivity contribution is -0.210. The van der Waals surface area contributed by atoms with Gasteiger partial charge in [-0.1, -0.05) is 27.7 Å². The third-order valence-corrected chi connectivity index (χ3v) is 11.9. The Labute approximate surface area is 220 Å². The van der Waals surface area contributed by atoms with Crippen molar-refractivity contribution in [2.24, 2.45) is 45.8 Å². The Hall–Kier alpha value is -1.38. The number of carbonyl (C=O) groups excluding carboxylic acids is 3. The van der Waals surface area contributed by atoms with Gasteiger partial charge < -0.3 is 14.7 Å². The molecule has 0 aromatic carbocycles. The lowest BCUT2D eigenvalue weighted by atomic mass is 9.43. The zero-order valence-electron chi connectivity index (χ0n) is 22.9. The second-order valence-corrected chi connectivity index (χ2v) is 13.6. The summed E-state index contributed by atoms with van der Waals surface area (Å²) in [6, 6.07) is 0. The molecule has 5 fully saturated rings. The van der Waals surface area contributed by atoms with Crippen LogP contribution in [0, 0.1) is 45.8 Å². The van der Waals surface area contributed by atoms with Crippen LogP contribution < -0.4 is 5.32 Å². The van der Waals surface area contributed by atoms with Crippen LogP contribution in [0.3, 0.4) is 0 Å². The van der Waals surface area contributed by atoms with Crippen LogP contribution in [0.5, 0.6) is 0 Å². The molecule has 3 unspecified atom stereocenters. The summed E-state index contributed by atoms with van der Waals surface area (Å²) in [4.78, 5) is 41.5. The maximum Gasteiger partial charge on any atom is 0.252 e. The minimum atomic E-state index is -0.774. The first kappa shape index (κ1) is 27.2. The third-order valence-electron chi connectivity index (χ3n) is 11.9. The number of nitrogens with zero attached hydrogens (tertiary/aromatic N) is 1. The van der Waals surface area contributed by atoms with Gasteiger partial charge in [-0.2, -0.15) is 0 Å². The van der Waals surface area contributed by atoms with Gasteiger partial charge in [0.05, 0.1) is 24.8 Å². The van der Waals surface area contributed by atoms with E-state index < -0.39 is 35.6 Å². The van der Waals surface area contributed by atoms with Gasteiger partial charge in [0.2, 0.25) is 5.91 Å². The van der Waals surface area contributed by atoms with Crippen LogP contribution in [0.1, 0.15) is 72.6 Å². The number of carbonyl (C=O) groups is 3. The molecule has 2 aliphatic heterocycles. The van der Waals surface area contributed by atoms with Crippen molar-refractivity contribution in [3.05, 3.63) is 0 Å². The number of aliphatic hydroxyl groups excluding tert-OH is 1. The molecule has 5 rings (SSSR count). The maximum absolute atomic E-state index is 13.8. The number of rotatable bonds is 6. The number of imide groups is 1. The summed E-state index contributed by atoms with van der Waals surface area (Å²) < 4.78 is 20.2. The van der Waals surface area contributed by atoms with Crippen LogP contribution in [0.4, 0.5) is 4.39 Å². The monoisotopic (exact) mass is 520 g/mol. The number of piperidine rings is 1. The first-order chi connectivity index (χ1) is 17.5. The van der Waals surface area contributed by atoms with Crippen molar-refractivity contribution < 1.29 is 28.6 Å². The van der Waals surface area contributed by atoms with Gasteiger partial charge in [0.1, 0.15) is 12.4 Å². The molecule has 2 N–H and O–H groups in total. The van der Waals surface area contributed by atoms with Crippen LogP contribution in [0.2, 0.25) is 0 Å². The van der Waals surface area contributed by atoms with E-state index in [4.69, 9.17) is 4.74 Å². The minimum absolute atomic E-state index is 0.133. The Balaban J connectivity index is 1.39. The Kier molecular flexibility index (Phi) is 7.11. The predicted molar refractivity (Wildman–Crippen MR) is 136 cm³/mol. The first-order valence-corrected chi connectivity index (χ1v) is 14.4. The molecular formula is C29H45FN2O5. The first-order valence-electron chi connectivity index (χ1n) is 14.4. The molecule has 37 heavy (non-hydrogen) atoms. The van der Waals surface area contributed by atoms with Crippen LogP contribution in [-0.4, -0.2) is 72.7 Å². The summed E-state index contributed by atoms with van der Waals surface area (Å²) in [6.07, 6.45) is 3.28. The van der Waals surface area contributed by atoms with E-state index in [9.17, 15) is 23.9 Å². The largest absolute Gasteiger partial charge is 0.392 e. The Morgan fingerprint density at radius 2 is 1.95 bits per heavy atom. The summed E-state index contributed by atoms with van der Waals surface area (Å²) in [5.41, 5.74) is -1.63. The highest BCUT2D eigenvalue weighted by molar-refractivity contribution is 5.97. The fraction of sp³-hybridized carbons (Fsp3) is 0.897. The van der Waals surface area contributed by atoms with Crippen molar-refractivity contribution >= 4 is 17.6 Å². The average molecular weight is 521 g/mol. The fourth-order valence-corrected chi connectivity index (χ4v) is 9.41. The van der Waals surface area contributed by atoms with Crippen LogP contribution in [0.15, 0.2) is 0 Å². The van der Waals surface area contributed by atoms with Gasteiger partial charge in [0.25, 0.3) is 5.91 Å². The summed E-state index contributed by atoms with van der Waals surface area (Å²) in [7, 11) is 0. The van der Waals surface area contributed by atoms with Crippen molar-refractivity contribution in [1.29, 1.82) is 0 Å². The van der Waals surface area contributed by atoms with E-state index in [1.165, 1.54) is 0 Å². The Bertz CT molecular complexity index is 945. The predicted octanol–water partition coefficient (Wildman–Crippen LogP) is 3.13. The highest BCUT2D eigenvalue weighted by Crippen LogP contribution is 2.68. The number of aliphatic hydroxyl groups is 1. The Morgan fingerprint density at radius 3 is 2.59 bits per heavy atom. The molecule has 4 bridgehead atoms. The van der Waals surface area contributed by atoms with Crippen molar-refractivity contribution in [3.8, 4) is 0 Å². The van der Waals surface area contributed by atoms with Crippen molar-refractivity contribution in [1.82, 2.24) is 10.2 Å². The van der Waals surface area contributed by atoms with E-state index in [0.717, 1.165) is 38.8 Å². The van der Waals surface area contributed by atoms with Crippen molar-refractivity contribution in [3.63, 3.8) is 0 Å². The summed E-state index contributed by atoms with van der Waals surface area (Å²) in [5, 5.41) is 14.2. The number of fused-ring (bicyclic) bond motifs is 2. The average Bonchev–Trinajstić information content (AvgIpc) is 3.58. The summed E-state index contributed by atoms with van der Waals surface area (Å²) >= 11 is 0. The van der Waals surface area contributed by atoms with Gasteiger partial charge in [-0.3, -0.25) is 24.1 Å². The lowest BCUT2D eigenvalue weighted by Crippen LogP contribution is -2.63. The van der Waals surface area contributed by atoms with E-state index in [2.05, 4.69) is 31.0 Å². The molecule has 3 saturated carbocycles. The smallest absolute Gasteiger partial charge is 0.252 e. The number of hydrogen-bond donors (Lipinski definition) is 2. The second-order valence-electron chi connectivity index (χ2n) is 13.6. The molecule has 2 amide bonds. The maximum atomic E-state index is 13.8. The molecule has 0 spiro atoms. The van der Waals surface area contributed by atoms with E-state index in [1.807, 2.05) is 6.92 Å². The SMILES string of the molecule is C[C@@H]1CCC23CCC(=O)C2[C@]1(C)[C@H](OCC(=O)NC(=O)[C@H]1CN2CC[C@@H]1C2)C[C@@](C)(CCF)[C@@H](O)[C@@H]3C. The number of Topliss-reactive ketones (excluding diaryl/α,β-unsaturated/α-hetero) is 1. The molecule has 208 valence electrons. The third kappa shape index (κ3) is 4.20. The number of hydrogen-bond acceptors (Lipinski definition) is 6.